The number of carbonyl (C=O) groups excluding carboxylic acids is 2. The third-order valence-corrected chi connectivity index (χ3v) is 7.92. The molecule has 0 spiro atoms. The van der Waals surface area contributed by atoms with E-state index in [-0.39, 0.29) is 22.2 Å². The van der Waals surface area contributed by atoms with Crippen molar-refractivity contribution in [1.82, 2.24) is 0 Å². The van der Waals surface area contributed by atoms with Gasteiger partial charge in [-0.2, -0.15) is 0 Å². The molecule has 198 valence electrons. The lowest BCUT2D eigenvalue weighted by molar-refractivity contribution is -0.117. The fraction of sp³-hybridized carbons (Fsp3) is 0.290. The summed E-state index contributed by atoms with van der Waals surface area (Å²) in [7, 11) is -3.87. The van der Waals surface area contributed by atoms with Crippen LogP contribution in [0, 0.1) is 17.8 Å². The van der Waals surface area contributed by atoms with E-state index in [0.717, 1.165) is 10.9 Å². The summed E-state index contributed by atoms with van der Waals surface area (Å²) in [6, 6.07) is 17.4. The summed E-state index contributed by atoms with van der Waals surface area (Å²) < 4.78 is 29.2. The Bertz CT molecular complexity index is 1610. The number of aryl methyl sites for hydroxylation is 1. The van der Waals surface area contributed by atoms with Gasteiger partial charge < -0.3 is 5.32 Å². The molecule has 0 radical (unpaired) electrons. The number of nitrogens with one attached hydrogen (secondary N) is 2. The Hall–Kier alpha value is -3.71. The number of rotatable bonds is 5. The molecule has 1 aliphatic carbocycles. The van der Waals surface area contributed by atoms with Gasteiger partial charge in [0.15, 0.2) is 5.78 Å². The fourth-order valence-corrected chi connectivity index (χ4v) is 5.69. The summed E-state index contributed by atoms with van der Waals surface area (Å²) in [5.74, 6) is -0.443. The quantitative estimate of drug-likeness (QED) is 0.355. The number of anilines is 2. The Kier molecular flexibility index (Phi) is 6.87. The topological polar surface area (TPSA) is 92.3 Å². The van der Waals surface area contributed by atoms with Crippen LogP contribution in [0.25, 0.3) is 10.8 Å². The van der Waals surface area contributed by atoms with Crippen LogP contribution in [-0.4, -0.2) is 20.0 Å². The van der Waals surface area contributed by atoms with Crippen LogP contribution in [0.1, 0.15) is 47.1 Å². The van der Waals surface area contributed by atoms with Gasteiger partial charge in [-0.1, -0.05) is 83.5 Å². The summed E-state index contributed by atoms with van der Waals surface area (Å²) in [6.07, 6.45) is 1.42. The molecule has 7 heteroatoms. The van der Waals surface area contributed by atoms with Crippen molar-refractivity contribution in [2.75, 3.05) is 10.0 Å². The Balaban J connectivity index is 1.85. The van der Waals surface area contributed by atoms with Gasteiger partial charge >= 0.3 is 0 Å². The van der Waals surface area contributed by atoms with Gasteiger partial charge in [0.25, 0.3) is 10.0 Å². The normalized spacial score (nSPS) is 15.1. The number of hydrogen-bond acceptors (Lipinski definition) is 5. The minimum absolute atomic E-state index is 0.149. The lowest BCUT2D eigenvalue weighted by Crippen LogP contribution is -2.34. The number of fused-ring (bicyclic) bond motifs is 1. The van der Waals surface area contributed by atoms with Crippen molar-refractivity contribution in [3.8, 4) is 0 Å². The molecular formula is C31H34N2O4S. The summed E-state index contributed by atoms with van der Waals surface area (Å²) in [5, 5.41) is 4.61. The number of Topliss-reactive ketones (excluding diaryl/α,β-unsaturated/α-hetero) is 1. The molecule has 1 aliphatic rings. The summed E-state index contributed by atoms with van der Waals surface area (Å²) in [5.41, 5.74) is 1.83. The van der Waals surface area contributed by atoms with Gasteiger partial charge in [-0.3, -0.25) is 14.3 Å². The van der Waals surface area contributed by atoms with Gasteiger partial charge in [0, 0.05) is 22.2 Å². The first-order chi connectivity index (χ1) is 17.6. The molecule has 2 N–H and O–H groups in total. The molecule has 0 saturated heterocycles. The van der Waals surface area contributed by atoms with Crippen molar-refractivity contribution in [3.63, 3.8) is 0 Å². The number of hydrogen-bond donors (Lipinski definition) is 2. The summed E-state index contributed by atoms with van der Waals surface area (Å²) in [4.78, 5) is 27.3. The average molecular weight is 531 g/mol. The molecule has 0 aliphatic heterocycles. The SMILES string of the molecule is Cc1ccc(S(=O)(=O)Nc2cccc3cccc(NC4=C(C(C)(C)C)C(=O)C(C(C)(C)C)=CC4=O)c23)cc1. The Labute approximate surface area is 224 Å². The van der Waals surface area contributed by atoms with E-state index >= 15 is 0 Å². The Morgan fingerprint density at radius 3 is 1.87 bits per heavy atom. The highest BCUT2D eigenvalue weighted by molar-refractivity contribution is 7.92. The molecule has 38 heavy (non-hydrogen) atoms. The van der Waals surface area contributed by atoms with Gasteiger partial charge in [0.2, 0.25) is 5.78 Å². The highest BCUT2D eigenvalue weighted by Crippen LogP contribution is 2.41. The average Bonchev–Trinajstić information content (AvgIpc) is 2.80. The molecule has 4 rings (SSSR count). The first-order valence-electron chi connectivity index (χ1n) is 12.5. The van der Waals surface area contributed by atoms with Crippen molar-refractivity contribution < 1.29 is 18.0 Å². The van der Waals surface area contributed by atoms with Crippen LogP contribution in [0.2, 0.25) is 0 Å². The third kappa shape index (κ3) is 5.29. The zero-order valence-corrected chi connectivity index (χ0v) is 23.7. The molecule has 0 atom stereocenters. The molecule has 0 unspecified atom stereocenters. The number of sulfonamides is 1. The predicted molar refractivity (Wildman–Crippen MR) is 154 cm³/mol. The smallest absolute Gasteiger partial charge is 0.261 e. The monoisotopic (exact) mass is 530 g/mol. The number of allylic oxidation sites excluding steroid dienone is 3. The molecule has 3 aromatic rings. The van der Waals surface area contributed by atoms with Gasteiger partial charge in [-0.15, -0.1) is 0 Å². The predicted octanol–water partition coefficient (Wildman–Crippen LogP) is 6.79. The van der Waals surface area contributed by atoms with E-state index in [1.165, 1.54) is 6.08 Å². The van der Waals surface area contributed by atoms with Crippen LogP contribution >= 0.6 is 0 Å². The molecule has 0 amide bonds. The zero-order valence-electron chi connectivity index (χ0n) is 22.9. The third-order valence-electron chi connectivity index (χ3n) is 6.54. The molecule has 6 nitrogen and oxygen atoms in total. The Morgan fingerprint density at radius 2 is 1.32 bits per heavy atom. The maximum absolute atomic E-state index is 13.7. The van der Waals surface area contributed by atoms with E-state index < -0.39 is 20.9 Å². The minimum Gasteiger partial charge on any atom is -0.351 e. The summed E-state index contributed by atoms with van der Waals surface area (Å²) in [6.45, 7) is 13.4. The molecule has 0 aromatic heterocycles. The van der Waals surface area contributed by atoms with Gasteiger partial charge in [0.05, 0.1) is 16.3 Å². The second-order valence-electron chi connectivity index (χ2n) is 11.8. The van der Waals surface area contributed by atoms with Crippen molar-refractivity contribution in [1.29, 1.82) is 0 Å². The number of benzene rings is 3. The van der Waals surface area contributed by atoms with Crippen molar-refractivity contribution in [2.24, 2.45) is 10.8 Å². The molecule has 0 bridgehead atoms. The second-order valence-corrected chi connectivity index (χ2v) is 13.4. The first kappa shape index (κ1) is 27.3. The van der Waals surface area contributed by atoms with Crippen LogP contribution < -0.4 is 10.0 Å². The fourth-order valence-electron chi connectivity index (χ4n) is 4.62. The number of carbonyl (C=O) groups is 2. The standard InChI is InChI=1S/C31H34N2O4S/c1-19-14-16-21(17-15-19)38(36,37)33-24-13-9-11-20-10-8-12-23(26(20)24)32-28-25(34)18-22(30(2,3)4)29(35)27(28)31(5,6)7/h8-18,32-33H,1-7H3. The zero-order chi connectivity index (χ0) is 28.0. The summed E-state index contributed by atoms with van der Waals surface area (Å²) >= 11 is 0. The Morgan fingerprint density at radius 1 is 0.737 bits per heavy atom. The van der Waals surface area contributed by atoms with Crippen LogP contribution in [0.15, 0.2) is 88.5 Å². The van der Waals surface area contributed by atoms with Gasteiger partial charge in [0.1, 0.15) is 0 Å². The van der Waals surface area contributed by atoms with Crippen molar-refractivity contribution >= 4 is 43.7 Å². The molecule has 3 aromatic carbocycles. The molecule has 0 heterocycles. The first-order valence-corrected chi connectivity index (χ1v) is 14.0. The van der Waals surface area contributed by atoms with Crippen LogP contribution in [-0.2, 0) is 19.6 Å². The second kappa shape index (κ2) is 9.55. The van der Waals surface area contributed by atoms with E-state index in [2.05, 4.69) is 10.0 Å². The van der Waals surface area contributed by atoms with Crippen LogP contribution in [0.4, 0.5) is 11.4 Å². The molecule has 0 saturated carbocycles. The lowest BCUT2D eigenvalue weighted by Gasteiger charge is -2.33. The highest BCUT2D eigenvalue weighted by atomic mass is 32.2. The van der Waals surface area contributed by atoms with E-state index in [1.807, 2.05) is 66.7 Å². The largest absolute Gasteiger partial charge is 0.351 e. The highest BCUT2D eigenvalue weighted by Gasteiger charge is 2.39. The van der Waals surface area contributed by atoms with Gasteiger partial charge in [-0.25, -0.2) is 8.42 Å². The maximum Gasteiger partial charge on any atom is 0.261 e. The maximum atomic E-state index is 13.7. The van der Waals surface area contributed by atoms with E-state index in [0.29, 0.717) is 27.9 Å². The van der Waals surface area contributed by atoms with Crippen LogP contribution in [0.3, 0.4) is 0 Å². The van der Waals surface area contributed by atoms with Crippen LogP contribution in [0.5, 0.6) is 0 Å². The van der Waals surface area contributed by atoms with Gasteiger partial charge in [-0.05, 0) is 53.5 Å². The molecular weight excluding hydrogens is 496 g/mol. The van der Waals surface area contributed by atoms with E-state index in [4.69, 9.17) is 0 Å². The number of ketones is 2. The van der Waals surface area contributed by atoms with E-state index in [1.54, 1.807) is 42.5 Å². The lowest BCUT2D eigenvalue weighted by atomic mass is 9.71. The minimum atomic E-state index is -3.87. The van der Waals surface area contributed by atoms with Crippen molar-refractivity contribution in [2.45, 2.75) is 53.4 Å². The molecule has 0 fully saturated rings. The van der Waals surface area contributed by atoms with E-state index in [9.17, 15) is 18.0 Å². The van der Waals surface area contributed by atoms with Crippen molar-refractivity contribution in [3.05, 3.63) is 89.1 Å².